The van der Waals surface area contributed by atoms with Gasteiger partial charge in [0.2, 0.25) is 0 Å². The number of aromatic nitrogens is 2. The first kappa shape index (κ1) is 12.6. The van der Waals surface area contributed by atoms with Crippen molar-refractivity contribution in [2.45, 2.75) is 10.9 Å². The van der Waals surface area contributed by atoms with Crippen LogP contribution in [-0.4, -0.2) is 9.55 Å². The van der Waals surface area contributed by atoms with E-state index in [9.17, 15) is 8.78 Å². The van der Waals surface area contributed by atoms with E-state index in [-0.39, 0.29) is 15.8 Å². The predicted octanol–water partition coefficient (Wildman–Crippen LogP) is 3.75. The fourth-order valence-electron chi connectivity index (χ4n) is 1.33. The molecule has 0 N–H and O–H groups in total. The van der Waals surface area contributed by atoms with Gasteiger partial charge in [-0.2, -0.15) is 0 Å². The molecule has 1 aromatic carbocycles. The molecule has 90 valence electrons. The van der Waals surface area contributed by atoms with Crippen LogP contribution in [0.5, 0.6) is 0 Å². The summed E-state index contributed by atoms with van der Waals surface area (Å²) >= 11 is 4.34. The molecule has 17 heavy (non-hydrogen) atoms. The lowest BCUT2D eigenvalue weighted by Gasteiger charge is -2.06. The number of hydrogen-bond donors (Lipinski definition) is 0. The van der Waals surface area contributed by atoms with Gasteiger partial charge in [0.15, 0.2) is 5.16 Å². The van der Waals surface area contributed by atoms with Crippen molar-refractivity contribution in [1.29, 1.82) is 0 Å². The lowest BCUT2D eigenvalue weighted by molar-refractivity contribution is 0.562. The first-order valence-corrected chi connectivity index (χ1v) is 6.60. The van der Waals surface area contributed by atoms with Crippen LogP contribution in [0.3, 0.4) is 0 Å². The van der Waals surface area contributed by atoms with Crippen molar-refractivity contribution in [3.05, 3.63) is 46.2 Å². The molecule has 6 heteroatoms. The predicted molar refractivity (Wildman–Crippen MR) is 66.8 cm³/mol. The molecule has 2 nitrogen and oxygen atoms in total. The second-order valence-corrected chi connectivity index (χ2v) is 5.23. The summed E-state index contributed by atoms with van der Waals surface area (Å²) in [4.78, 5) is 4.08. The number of aryl methyl sites for hydroxylation is 1. The van der Waals surface area contributed by atoms with Gasteiger partial charge in [-0.05, 0) is 28.1 Å². The first-order chi connectivity index (χ1) is 8.09. The van der Waals surface area contributed by atoms with Gasteiger partial charge in [-0.3, -0.25) is 0 Å². The first-order valence-electron chi connectivity index (χ1n) is 4.82. The smallest absolute Gasteiger partial charge is 0.167 e. The molecule has 0 aliphatic carbocycles. The van der Waals surface area contributed by atoms with Crippen molar-refractivity contribution in [1.82, 2.24) is 9.55 Å². The number of benzene rings is 1. The highest BCUT2D eigenvalue weighted by molar-refractivity contribution is 9.10. The third-order valence-electron chi connectivity index (χ3n) is 2.26. The second kappa shape index (κ2) is 5.18. The molecule has 0 amide bonds. The zero-order valence-corrected chi connectivity index (χ0v) is 11.4. The van der Waals surface area contributed by atoms with Gasteiger partial charge >= 0.3 is 0 Å². The molecule has 2 rings (SSSR count). The summed E-state index contributed by atoms with van der Waals surface area (Å²) in [5.41, 5.74) is 0.0624. The molecule has 0 atom stereocenters. The van der Waals surface area contributed by atoms with Crippen LogP contribution in [0.25, 0.3) is 0 Å². The zero-order chi connectivity index (χ0) is 12.4. The molecule has 0 radical (unpaired) electrons. The minimum Gasteiger partial charge on any atom is -0.329 e. The molecular weight excluding hydrogens is 310 g/mol. The Morgan fingerprint density at radius 3 is 2.82 bits per heavy atom. The highest BCUT2D eigenvalue weighted by atomic mass is 79.9. The van der Waals surface area contributed by atoms with Crippen LogP contribution >= 0.6 is 27.7 Å². The van der Waals surface area contributed by atoms with E-state index < -0.39 is 11.6 Å². The Morgan fingerprint density at radius 2 is 2.18 bits per heavy atom. The molecule has 0 spiro atoms. The van der Waals surface area contributed by atoms with Gasteiger partial charge in [-0.25, -0.2) is 13.8 Å². The fraction of sp³-hybridized carbons (Fsp3) is 0.182. The number of nitrogens with zero attached hydrogens (tertiary/aromatic N) is 2. The molecule has 0 saturated carbocycles. The van der Waals surface area contributed by atoms with E-state index >= 15 is 0 Å². The van der Waals surface area contributed by atoms with Crippen LogP contribution < -0.4 is 0 Å². The Kier molecular flexibility index (Phi) is 3.83. The molecule has 0 fully saturated rings. The molecule has 0 aliphatic heterocycles. The largest absolute Gasteiger partial charge is 0.329 e. The summed E-state index contributed by atoms with van der Waals surface area (Å²) in [5.74, 6) is -0.874. The van der Waals surface area contributed by atoms with Crippen molar-refractivity contribution in [2.75, 3.05) is 0 Å². The molecule has 0 saturated heterocycles. The lowest BCUT2D eigenvalue weighted by Crippen LogP contribution is -1.96. The van der Waals surface area contributed by atoms with E-state index in [1.165, 1.54) is 23.9 Å². The van der Waals surface area contributed by atoms with E-state index in [2.05, 4.69) is 20.9 Å². The minimum absolute atomic E-state index is 0.0624. The molecule has 0 unspecified atom stereocenters. The highest BCUT2D eigenvalue weighted by Crippen LogP contribution is 2.27. The maximum Gasteiger partial charge on any atom is 0.167 e. The monoisotopic (exact) mass is 318 g/mol. The van der Waals surface area contributed by atoms with Crippen LogP contribution in [-0.2, 0) is 12.8 Å². The summed E-state index contributed by atoms with van der Waals surface area (Å²) in [7, 11) is 1.84. The maximum absolute atomic E-state index is 13.7. The Labute approximate surface area is 110 Å². The molecule has 0 bridgehead atoms. The normalized spacial score (nSPS) is 10.8. The second-order valence-electron chi connectivity index (χ2n) is 3.43. The van der Waals surface area contributed by atoms with E-state index in [1.54, 1.807) is 17.0 Å². The zero-order valence-electron chi connectivity index (χ0n) is 8.95. The summed E-state index contributed by atoms with van der Waals surface area (Å²) in [6.07, 6.45) is 3.44. The van der Waals surface area contributed by atoms with Crippen molar-refractivity contribution in [3.8, 4) is 0 Å². The molecule has 2 aromatic rings. The van der Waals surface area contributed by atoms with Gasteiger partial charge in [0.1, 0.15) is 11.6 Å². The molecule has 0 aliphatic rings. The van der Waals surface area contributed by atoms with E-state index in [1.807, 2.05) is 7.05 Å². The summed E-state index contributed by atoms with van der Waals surface area (Å²) in [6.45, 7) is 0. The van der Waals surface area contributed by atoms with E-state index in [0.717, 1.165) is 5.16 Å². The van der Waals surface area contributed by atoms with Crippen molar-refractivity contribution in [2.24, 2.45) is 7.05 Å². The van der Waals surface area contributed by atoms with Crippen molar-refractivity contribution < 1.29 is 8.78 Å². The molecule has 1 heterocycles. The summed E-state index contributed by atoms with van der Waals surface area (Å²) < 4.78 is 29.2. The van der Waals surface area contributed by atoms with Gasteiger partial charge in [-0.1, -0.05) is 11.8 Å². The van der Waals surface area contributed by atoms with Crippen LogP contribution in [0, 0.1) is 11.6 Å². The summed E-state index contributed by atoms with van der Waals surface area (Å²) in [6, 6.07) is 2.61. The molecular formula is C11H9BrF2N2S. The number of imidazole rings is 1. The Balaban J connectivity index is 2.20. The summed E-state index contributed by atoms with van der Waals surface area (Å²) in [5, 5.41) is 0.726. The average Bonchev–Trinajstić information content (AvgIpc) is 2.70. The Hall–Kier alpha value is -0.880. The SMILES string of the molecule is Cn1ccnc1SCc1c(F)ccc(Br)c1F. The van der Waals surface area contributed by atoms with Crippen molar-refractivity contribution >= 4 is 27.7 Å². The third-order valence-corrected chi connectivity index (χ3v) is 3.96. The van der Waals surface area contributed by atoms with Crippen LogP contribution in [0.15, 0.2) is 34.2 Å². The van der Waals surface area contributed by atoms with Gasteiger partial charge in [0, 0.05) is 30.8 Å². The Bertz CT molecular complexity index is 542. The Morgan fingerprint density at radius 1 is 1.41 bits per heavy atom. The van der Waals surface area contributed by atoms with Gasteiger partial charge < -0.3 is 4.57 Å². The highest BCUT2D eigenvalue weighted by Gasteiger charge is 2.13. The average molecular weight is 319 g/mol. The maximum atomic E-state index is 13.7. The third kappa shape index (κ3) is 2.69. The number of halogens is 3. The van der Waals surface area contributed by atoms with Gasteiger partial charge in [-0.15, -0.1) is 0 Å². The quantitative estimate of drug-likeness (QED) is 0.633. The number of thioether (sulfide) groups is 1. The fourth-order valence-corrected chi connectivity index (χ4v) is 2.64. The topological polar surface area (TPSA) is 17.8 Å². The van der Waals surface area contributed by atoms with E-state index in [0.29, 0.717) is 0 Å². The van der Waals surface area contributed by atoms with Gasteiger partial charge in [0.05, 0.1) is 4.47 Å². The number of rotatable bonds is 3. The molecule has 1 aromatic heterocycles. The van der Waals surface area contributed by atoms with Gasteiger partial charge in [0.25, 0.3) is 0 Å². The van der Waals surface area contributed by atoms with Crippen molar-refractivity contribution in [3.63, 3.8) is 0 Å². The number of hydrogen-bond acceptors (Lipinski definition) is 2. The van der Waals surface area contributed by atoms with Crippen LogP contribution in [0.2, 0.25) is 0 Å². The van der Waals surface area contributed by atoms with Crippen LogP contribution in [0.4, 0.5) is 8.78 Å². The minimum atomic E-state index is -0.549. The van der Waals surface area contributed by atoms with Crippen LogP contribution in [0.1, 0.15) is 5.56 Å². The lowest BCUT2D eigenvalue weighted by atomic mass is 10.2. The standard InChI is InChI=1S/C11H9BrF2N2S/c1-16-5-4-15-11(16)17-6-7-9(13)3-2-8(12)10(7)14/h2-5H,6H2,1H3. The van der Waals surface area contributed by atoms with E-state index in [4.69, 9.17) is 0 Å².